The second-order valence-corrected chi connectivity index (χ2v) is 3.86. The van der Waals surface area contributed by atoms with Gasteiger partial charge >= 0.3 is 0 Å². The second kappa shape index (κ2) is 2.74. The van der Waals surface area contributed by atoms with E-state index in [-0.39, 0.29) is 0 Å². The molecule has 3 aliphatic rings. The Morgan fingerprint density at radius 3 is 2.31 bits per heavy atom. The van der Waals surface area contributed by atoms with E-state index in [0.29, 0.717) is 12.2 Å². The molecule has 0 spiro atoms. The number of benzene rings is 1. The largest absolute Gasteiger partial charge is 0.371 e. The lowest BCUT2D eigenvalue weighted by Gasteiger charge is -2.48. The Labute approximate surface area is 78.1 Å². The van der Waals surface area contributed by atoms with Crippen molar-refractivity contribution in [2.24, 2.45) is 0 Å². The van der Waals surface area contributed by atoms with Crippen LogP contribution >= 0.6 is 0 Å². The lowest BCUT2D eigenvalue weighted by Crippen LogP contribution is -2.57. The maximum Gasteiger partial charge on any atom is 0.0780 e. The molecule has 3 saturated heterocycles. The van der Waals surface area contributed by atoms with Gasteiger partial charge in [0.2, 0.25) is 0 Å². The van der Waals surface area contributed by atoms with Crippen LogP contribution in [0.4, 0.5) is 5.69 Å². The van der Waals surface area contributed by atoms with Crippen LogP contribution in [0.25, 0.3) is 0 Å². The van der Waals surface area contributed by atoms with Gasteiger partial charge in [-0.05, 0) is 12.1 Å². The zero-order valence-corrected chi connectivity index (χ0v) is 7.52. The highest BCUT2D eigenvalue weighted by atomic mass is 16.5. The summed E-state index contributed by atoms with van der Waals surface area (Å²) in [7, 11) is 0. The molecule has 0 amide bonds. The topological polar surface area (TPSA) is 12.5 Å². The van der Waals surface area contributed by atoms with E-state index in [0.717, 1.165) is 13.1 Å². The summed E-state index contributed by atoms with van der Waals surface area (Å²) in [5.41, 5.74) is 1.33. The van der Waals surface area contributed by atoms with E-state index in [1.165, 1.54) is 12.1 Å². The van der Waals surface area contributed by atoms with Crippen molar-refractivity contribution in [1.29, 1.82) is 0 Å². The predicted molar refractivity (Wildman–Crippen MR) is 51.9 cm³/mol. The van der Waals surface area contributed by atoms with Crippen LogP contribution < -0.4 is 4.90 Å². The van der Waals surface area contributed by atoms with Crippen LogP contribution in [0.5, 0.6) is 0 Å². The summed E-state index contributed by atoms with van der Waals surface area (Å²) in [5.74, 6) is 0. The molecule has 2 unspecified atom stereocenters. The minimum atomic E-state index is 0.499. The van der Waals surface area contributed by atoms with E-state index < -0.39 is 0 Å². The van der Waals surface area contributed by atoms with Gasteiger partial charge in [0.15, 0.2) is 0 Å². The average molecular weight is 175 g/mol. The van der Waals surface area contributed by atoms with Crippen molar-refractivity contribution in [2.75, 3.05) is 18.0 Å². The first-order valence-corrected chi connectivity index (χ1v) is 4.87. The third-order valence-electron chi connectivity index (χ3n) is 2.88. The Balaban J connectivity index is 1.79. The molecule has 4 rings (SSSR count). The minimum Gasteiger partial charge on any atom is -0.371 e. The average Bonchev–Trinajstić information content (AvgIpc) is 2.18. The number of piperidine rings is 1. The number of hydrogen-bond acceptors (Lipinski definition) is 2. The highest BCUT2D eigenvalue weighted by Gasteiger charge is 2.38. The van der Waals surface area contributed by atoms with E-state index in [1.807, 2.05) is 0 Å². The summed E-state index contributed by atoms with van der Waals surface area (Å²) in [6.07, 6.45) is 2.27. The van der Waals surface area contributed by atoms with Gasteiger partial charge in [0, 0.05) is 25.2 Å². The van der Waals surface area contributed by atoms with Crippen LogP contribution in [0.15, 0.2) is 30.3 Å². The number of fused-ring (bicyclic) bond motifs is 2. The molecule has 0 aromatic heterocycles. The molecule has 0 radical (unpaired) electrons. The van der Waals surface area contributed by atoms with Crippen LogP contribution in [0.2, 0.25) is 0 Å². The molecule has 68 valence electrons. The van der Waals surface area contributed by atoms with Crippen LogP contribution in [-0.4, -0.2) is 25.3 Å². The van der Waals surface area contributed by atoms with Crippen molar-refractivity contribution in [3.8, 4) is 0 Å². The maximum absolute atomic E-state index is 5.59. The first-order chi connectivity index (χ1) is 6.42. The molecule has 3 fully saturated rings. The molecule has 3 aliphatic heterocycles. The molecule has 1 aromatic rings. The van der Waals surface area contributed by atoms with Crippen molar-refractivity contribution in [1.82, 2.24) is 0 Å². The van der Waals surface area contributed by atoms with Crippen molar-refractivity contribution < 1.29 is 4.74 Å². The molecule has 0 saturated carbocycles. The molecule has 2 nitrogen and oxygen atoms in total. The molecular weight excluding hydrogens is 162 g/mol. The third kappa shape index (κ3) is 1.22. The Hall–Kier alpha value is -1.02. The molecule has 2 atom stereocenters. The highest BCUT2D eigenvalue weighted by molar-refractivity contribution is 5.47. The molecule has 0 N–H and O–H groups in total. The summed E-state index contributed by atoms with van der Waals surface area (Å²) in [4.78, 5) is 2.42. The van der Waals surface area contributed by atoms with Gasteiger partial charge in [-0.2, -0.15) is 0 Å². The number of nitrogens with zero attached hydrogens (tertiary/aromatic N) is 1. The molecule has 0 aliphatic carbocycles. The number of hydrogen-bond donors (Lipinski definition) is 0. The Morgan fingerprint density at radius 1 is 1.08 bits per heavy atom. The number of rotatable bonds is 1. The number of anilines is 1. The first kappa shape index (κ1) is 7.39. The first-order valence-electron chi connectivity index (χ1n) is 4.87. The Bertz CT molecular complexity index is 282. The molecular formula is C11H13NO. The van der Waals surface area contributed by atoms with E-state index in [4.69, 9.17) is 4.74 Å². The van der Waals surface area contributed by atoms with Gasteiger partial charge in [-0.3, -0.25) is 0 Å². The zero-order chi connectivity index (χ0) is 8.67. The minimum absolute atomic E-state index is 0.499. The number of para-hydroxylation sites is 1. The van der Waals surface area contributed by atoms with Crippen molar-refractivity contribution in [2.45, 2.75) is 18.6 Å². The molecule has 1 aromatic carbocycles. The lowest BCUT2D eigenvalue weighted by atomic mass is 9.98. The standard InChI is InChI=1S/C11H13NO/c1-2-4-9(5-3-1)12-7-10-6-11(8-12)13-10/h1-5,10-11H,6-8H2. The van der Waals surface area contributed by atoms with Gasteiger partial charge < -0.3 is 9.64 Å². The summed E-state index contributed by atoms with van der Waals surface area (Å²) >= 11 is 0. The Kier molecular flexibility index (Phi) is 1.56. The quantitative estimate of drug-likeness (QED) is 0.643. The maximum atomic E-state index is 5.59. The van der Waals surface area contributed by atoms with Gasteiger partial charge in [-0.25, -0.2) is 0 Å². The van der Waals surface area contributed by atoms with Crippen LogP contribution in [0, 0.1) is 0 Å². The normalized spacial score (nSPS) is 31.2. The van der Waals surface area contributed by atoms with Crippen molar-refractivity contribution >= 4 is 5.69 Å². The molecule has 13 heavy (non-hydrogen) atoms. The van der Waals surface area contributed by atoms with E-state index in [2.05, 4.69) is 35.2 Å². The summed E-state index contributed by atoms with van der Waals surface area (Å²) in [6.45, 7) is 2.14. The van der Waals surface area contributed by atoms with E-state index in [9.17, 15) is 0 Å². The van der Waals surface area contributed by atoms with Crippen molar-refractivity contribution in [3.63, 3.8) is 0 Å². The van der Waals surface area contributed by atoms with Crippen LogP contribution in [0.3, 0.4) is 0 Å². The number of morpholine rings is 1. The van der Waals surface area contributed by atoms with Gasteiger partial charge in [0.25, 0.3) is 0 Å². The lowest BCUT2D eigenvalue weighted by molar-refractivity contribution is -0.133. The highest BCUT2D eigenvalue weighted by Crippen LogP contribution is 2.30. The summed E-state index contributed by atoms with van der Waals surface area (Å²) < 4.78 is 5.59. The monoisotopic (exact) mass is 175 g/mol. The molecule has 2 heteroatoms. The Morgan fingerprint density at radius 2 is 1.69 bits per heavy atom. The summed E-state index contributed by atoms with van der Waals surface area (Å²) in [5, 5.41) is 0. The second-order valence-electron chi connectivity index (χ2n) is 3.86. The third-order valence-corrected chi connectivity index (χ3v) is 2.88. The van der Waals surface area contributed by atoms with E-state index >= 15 is 0 Å². The van der Waals surface area contributed by atoms with Crippen LogP contribution in [0.1, 0.15) is 6.42 Å². The van der Waals surface area contributed by atoms with Gasteiger partial charge in [-0.1, -0.05) is 18.2 Å². The summed E-state index contributed by atoms with van der Waals surface area (Å²) in [6, 6.07) is 10.6. The van der Waals surface area contributed by atoms with Crippen LogP contribution in [-0.2, 0) is 4.74 Å². The SMILES string of the molecule is c1ccc(N2CC3CC(C2)O3)cc1. The van der Waals surface area contributed by atoms with Crippen molar-refractivity contribution in [3.05, 3.63) is 30.3 Å². The van der Waals surface area contributed by atoms with Gasteiger partial charge in [0.1, 0.15) is 0 Å². The fourth-order valence-corrected chi connectivity index (χ4v) is 2.21. The predicted octanol–water partition coefficient (Wildman–Crippen LogP) is 1.66. The fourth-order valence-electron chi connectivity index (χ4n) is 2.21. The smallest absolute Gasteiger partial charge is 0.0780 e. The molecule has 3 heterocycles. The number of ether oxygens (including phenoxy) is 1. The molecule has 2 bridgehead atoms. The van der Waals surface area contributed by atoms with E-state index in [1.54, 1.807) is 0 Å². The van der Waals surface area contributed by atoms with Gasteiger partial charge in [0.05, 0.1) is 12.2 Å². The van der Waals surface area contributed by atoms with Gasteiger partial charge in [-0.15, -0.1) is 0 Å². The zero-order valence-electron chi connectivity index (χ0n) is 7.52. The fraction of sp³-hybridized carbons (Fsp3) is 0.455.